The highest BCUT2D eigenvalue weighted by molar-refractivity contribution is 5.38. The molecule has 0 saturated carbocycles. The van der Waals surface area contributed by atoms with Gasteiger partial charge in [0.2, 0.25) is 0 Å². The van der Waals surface area contributed by atoms with Crippen LogP contribution in [0.3, 0.4) is 0 Å². The van der Waals surface area contributed by atoms with E-state index in [9.17, 15) is 18.0 Å². The van der Waals surface area contributed by atoms with Crippen molar-refractivity contribution in [1.29, 1.82) is 0 Å². The number of halogens is 3. The molecule has 26 heavy (non-hydrogen) atoms. The number of rotatable bonds is 8. The maximum Gasteiger partial charge on any atom is 0.417 e. The molecule has 0 saturated heterocycles. The molecule has 0 bridgehead atoms. The van der Waals surface area contributed by atoms with Crippen LogP contribution in [0.25, 0.3) is 5.69 Å². The standard InChI is InChI=1S/C19H23F3N2O2/c1-23(2)12-4-3-5-13-26-17-9-7-16(8-10-17)24-14-15(19(20,21)22)6-11-18(24)25/h6-11,14H,3-5,12-13H2,1-2H3. The fourth-order valence-corrected chi connectivity index (χ4v) is 2.46. The molecule has 2 rings (SSSR count). The third kappa shape index (κ3) is 5.91. The van der Waals surface area contributed by atoms with E-state index >= 15 is 0 Å². The van der Waals surface area contributed by atoms with E-state index in [0.717, 1.165) is 48.7 Å². The van der Waals surface area contributed by atoms with E-state index in [1.807, 2.05) is 14.1 Å². The van der Waals surface area contributed by atoms with Gasteiger partial charge in [0.1, 0.15) is 5.75 Å². The number of hydrogen-bond acceptors (Lipinski definition) is 3. The highest BCUT2D eigenvalue weighted by Crippen LogP contribution is 2.28. The Morgan fingerprint density at radius 1 is 1.00 bits per heavy atom. The van der Waals surface area contributed by atoms with Gasteiger partial charge in [0.25, 0.3) is 5.56 Å². The molecule has 0 aliphatic rings. The van der Waals surface area contributed by atoms with Gasteiger partial charge in [-0.1, -0.05) is 0 Å². The molecule has 0 amide bonds. The second kappa shape index (κ2) is 8.89. The Bertz CT molecular complexity index is 753. The van der Waals surface area contributed by atoms with Crippen LogP contribution in [-0.2, 0) is 6.18 Å². The Morgan fingerprint density at radius 2 is 1.69 bits per heavy atom. The van der Waals surface area contributed by atoms with E-state index in [4.69, 9.17) is 4.74 Å². The average molecular weight is 368 g/mol. The number of pyridine rings is 1. The first-order valence-electron chi connectivity index (χ1n) is 8.45. The van der Waals surface area contributed by atoms with Gasteiger partial charge >= 0.3 is 6.18 Å². The third-order valence-corrected chi connectivity index (χ3v) is 3.87. The predicted molar refractivity (Wildman–Crippen MR) is 94.9 cm³/mol. The van der Waals surface area contributed by atoms with Crippen molar-refractivity contribution in [3.8, 4) is 11.4 Å². The minimum Gasteiger partial charge on any atom is -0.494 e. The number of ether oxygens (including phenoxy) is 1. The Labute approximate surface area is 150 Å². The number of alkyl halides is 3. The molecule has 4 nitrogen and oxygen atoms in total. The molecule has 0 spiro atoms. The van der Waals surface area contributed by atoms with Crippen molar-refractivity contribution in [2.45, 2.75) is 25.4 Å². The molecule has 142 valence electrons. The quantitative estimate of drug-likeness (QED) is 0.662. The fraction of sp³-hybridized carbons (Fsp3) is 0.421. The summed E-state index contributed by atoms with van der Waals surface area (Å²) in [5.74, 6) is 0.626. The lowest BCUT2D eigenvalue weighted by Crippen LogP contribution is -2.19. The van der Waals surface area contributed by atoms with Gasteiger partial charge in [0.05, 0.1) is 12.2 Å². The van der Waals surface area contributed by atoms with Crippen molar-refractivity contribution in [3.63, 3.8) is 0 Å². The maximum absolute atomic E-state index is 12.8. The number of nitrogens with zero attached hydrogens (tertiary/aromatic N) is 2. The summed E-state index contributed by atoms with van der Waals surface area (Å²) < 4.78 is 45.1. The summed E-state index contributed by atoms with van der Waals surface area (Å²) in [6, 6.07) is 8.16. The Kier molecular flexibility index (Phi) is 6.85. The summed E-state index contributed by atoms with van der Waals surface area (Å²) >= 11 is 0. The van der Waals surface area contributed by atoms with Crippen LogP contribution in [0.2, 0.25) is 0 Å². The molecule has 2 aromatic rings. The molecule has 0 unspecified atom stereocenters. The van der Waals surface area contributed by atoms with Crippen LogP contribution in [0.1, 0.15) is 24.8 Å². The molecule has 7 heteroatoms. The summed E-state index contributed by atoms with van der Waals surface area (Å²) in [6.07, 6.45) is -0.583. The highest BCUT2D eigenvalue weighted by atomic mass is 19.4. The van der Waals surface area contributed by atoms with Crippen LogP contribution in [0.15, 0.2) is 47.4 Å². The Hall–Kier alpha value is -2.28. The van der Waals surface area contributed by atoms with E-state index in [1.54, 1.807) is 24.3 Å². The van der Waals surface area contributed by atoms with Crippen molar-refractivity contribution >= 4 is 0 Å². The van der Waals surface area contributed by atoms with Crippen LogP contribution in [0, 0.1) is 0 Å². The smallest absolute Gasteiger partial charge is 0.417 e. The molecule has 1 aromatic heterocycles. The second-order valence-corrected chi connectivity index (χ2v) is 6.33. The van der Waals surface area contributed by atoms with Crippen LogP contribution < -0.4 is 10.3 Å². The van der Waals surface area contributed by atoms with E-state index in [2.05, 4.69) is 4.90 Å². The molecule has 0 aliphatic heterocycles. The molecule has 1 aromatic carbocycles. The van der Waals surface area contributed by atoms with Crippen LogP contribution in [0.5, 0.6) is 5.75 Å². The minimum absolute atomic E-state index is 0.361. The van der Waals surface area contributed by atoms with Crippen LogP contribution in [-0.4, -0.2) is 36.7 Å². The first-order chi connectivity index (χ1) is 12.3. The number of unbranched alkanes of at least 4 members (excludes halogenated alkanes) is 2. The molecule has 0 N–H and O–H groups in total. The molecular formula is C19H23F3N2O2. The zero-order valence-electron chi connectivity index (χ0n) is 14.9. The van der Waals surface area contributed by atoms with Gasteiger partial charge in [-0.3, -0.25) is 9.36 Å². The van der Waals surface area contributed by atoms with Gasteiger partial charge in [0.15, 0.2) is 0 Å². The molecule has 0 atom stereocenters. The minimum atomic E-state index is -4.49. The van der Waals surface area contributed by atoms with E-state index < -0.39 is 17.3 Å². The van der Waals surface area contributed by atoms with E-state index in [1.165, 1.54) is 0 Å². The molecule has 0 fully saturated rings. The summed E-state index contributed by atoms with van der Waals surface area (Å²) in [6.45, 7) is 1.62. The predicted octanol–water partition coefficient (Wildman–Crippen LogP) is 3.97. The molecular weight excluding hydrogens is 345 g/mol. The largest absolute Gasteiger partial charge is 0.494 e. The normalized spacial score (nSPS) is 11.8. The topological polar surface area (TPSA) is 34.5 Å². The monoisotopic (exact) mass is 368 g/mol. The van der Waals surface area contributed by atoms with Gasteiger partial charge < -0.3 is 9.64 Å². The lowest BCUT2D eigenvalue weighted by molar-refractivity contribution is -0.138. The number of benzene rings is 1. The summed E-state index contributed by atoms with van der Waals surface area (Å²) in [5, 5.41) is 0. The fourth-order valence-electron chi connectivity index (χ4n) is 2.46. The average Bonchev–Trinajstić information content (AvgIpc) is 2.58. The molecule has 1 heterocycles. The van der Waals surface area contributed by atoms with Crippen LogP contribution in [0.4, 0.5) is 13.2 Å². The number of aromatic nitrogens is 1. The van der Waals surface area contributed by atoms with Crippen molar-refractivity contribution < 1.29 is 17.9 Å². The van der Waals surface area contributed by atoms with Gasteiger partial charge in [-0.15, -0.1) is 0 Å². The first-order valence-corrected chi connectivity index (χ1v) is 8.45. The lowest BCUT2D eigenvalue weighted by atomic mass is 10.2. The summed E-state index contributed by atoms with van der Waals surface area (Å²) in [4.78, 5) is 14.0. The highest BCUT2D eigenvalue weighted by Gasteiger charge is 2.31. The Balaban J connectivity index is 1.96. The van der Waals surface area contributed by atoms with E-state index in [0.29, 0.717) is 18.0 Å². The van der Waals surface area contributed by atoms with Gasteiger partial charge in [-0.05, 0) is 70.2 Å². The second-order valence-electron chi connectivity index (χ2n) is 6.33. The molecule has 0 aliphatic carbocycles. The van der Waals surface area contributed by atoms with Gasteiger partial charge in [0, 0.05) is 18.0 Å². The molecule has 0 radical (unpaired) electrons. The summed E-state index contributed by atoms with van der Waals surface area (Å²) in [5.41, 5.74) is -1.03. The van der Waals surface area contributed by atoms with Crippen molar-refractivity contribution in [2.75, 3.05) is 27.2 Å². The SMILES string of the molecule is CN(C)CCCCCOc1ccc(-n2cc(C(F)(F)F)ccc2=O)cc1. The first kappa shape index (κ1) is 20.0. The maximum atomic E-state index is 12.8. The van der Waals surface area contributed by atoms with Crippen molar-refractivity contribution in [1.82, 2.24) is 9.47 Å². The summed E-state index contributed by atoms with van der Waals surface area (Å²) in [7, 11) is 4.07. The van der Waals surface area contributed by atoms with Crippen molar-refractivity contribution in [3.05, 3.63) is 58.5 Å². The van der Waals surface area contributed by atoms with Crippen LogP contribution >= 0.6 is 0 Å². The van der Waals surface area contributed by atoms with Gasteiger partial charge in [-0.25, -0.2) is 0 Å². The lowest BCUT2D eigenvalue weighted by Gasteiger charge is -2.12. The van der Waals surface area contributed by atoms with Gasteiger partial charge in [-0.2, -0.15) is 13.2 Å². The van der Waals surface area contributed by atoms with Crippen molar-refractivity contribution in [2.24, 2.45) is 0 Å². The zero-order chi connectivity index (χ0) is 19.2. The third-order valence-electron chi connectivity index (χ3n) is 3.87. The zero-order valence-corrected chi connectivity index (χ0v) is 14.9. The van der Waals surface area contributed by atoms with E-state index in [-0.39, 0.29) is 0 Å². The Morgan fingerprint density at radius 3 is 2.31 bits per heavy atom. The number of hydrogen-bond donors (Lipinski definition) is 0.